The summed E-state index contributed by atoms with van der Waals surface area (Å²) in [5, 5.41) is 112. The van der Waals surface area contributed by atoms with Crippen molar-refractivity contribution in [2.45, 2.75) is 162 Å². The first kappa shape index (κ1) is 52.2. The zero-order valence-corrected chi connectivity index (χ0v) is 34.9. The van der Waals surface area contributed by atoms with Gasteiger partial charge in [-0.1, -0.05) is 73.1 Å². The van der Waals surface area contributed by atoms with Gasteiger partial charge in [0.1, 0.15) is 55.4 Å². The molecular formula is C41H74O15. The Morgan fingerprint density at radius 2 is 1.21 bits per heavy atom. The predicted molar refractivity (Wildman–Crippen MR) is 209 cm³/mol. The van der Waals surface area contributed by atoms with Crippen LogP contribution in [0.4, 0.5) is 0 Å². The van der Waals surface area contributed by atoms with Crippen molar-refractivity contribution < 1.29 is 75.2 Å². The second kappa shape index (κ2) is 24.9. The fraction of sp³-hybridized carbons (Fsp3) is 0.829. The minimum absolute atomic E-state index is 0.0574. The zero-order valence-electron chi connectivity index (χ0n) is 34.9. The lowest BCUT2D eigenvalue weighted by atomic mass is 9.82. The Labute approximate surface area is 333 Å². The van der Waals surface area contributed by atoms with Crippen molar-refractivity contribution >= 4 is 5.97 Å². The monoisotopic (exact) mass is 807 g/mol. The van der Waals surface area contributed by atoms with E-state index in [2.05, 4.69) is 20.8 Å². The van der Waals surface area contributed by atoms with E-state index >= 15 is 0 Å². The van der Waals surface area contributed by atoms with Gasteiger partial charge in [-0.15, -0.1) is 0 Å². The number of aliphatic hydroxyl groups is 11. The molecule has 328 valence electrons. The number of aliphatic hydroxyl groups excluding tert-OH is 11. The van der Waals surface area contributed by atoms with Gasteiger partial charge >= 0.3 is 5.97 Å². The lowest BCUT2D eigenvalue weighted by molar-refractivity contribution is -0.317. The van der Waals surface area contributed by atoms with E-state index in [1.54, 1.807) is 33.8 Å². The van der Waals surface area contributed by atoms with Gasteiger partial charge in [0.05, 0.1) is 31.5 Å². The van der Waals surface area contributed by atoms with Crippen molar-refractivity contribution in [2.24, 2.45) is 35.5 Å². The first-order valence-electron chi connectivity index (χ1n) is 19.9. The summed E-state index contributed by atoms with van der Waals surface area (Å²) in [5.74, 6) is -1.37. The van der Waals surface area contributed by atoms with Crippen LogP contribution in [0.15, 0.2) is 34.9 Å². The number of carbonyl (C=O) groups excluding carboxylic acids is 1. The Morgan fingerprint density at radius 3 is 1.73 bits per heavy atom. The highest BCUT2D eigenvalue weighted by Gasteiger charge is 2.45. The number of ether oxygens (including phenoxy) is 3. The number of carbonyl (C=O) groups is 1. The molecule has 0 aromatic rings. The van der Waals surface area contributed by atoms with Crippen molar-refractivity contribution in [3.63, 3.8) is 0 Å². The number of hydrogen-bond donors (Lipinski definition) is 11. The second-order valence-electron chi connectivity index (χ2n) is 16.4. The first-order chi connectivity index (χ1) is 26.0. The van der Waals surface area contributed by atoms with Crippen molar-refractivity contribution in [3.8, 4) is 0 Å². The molecule has 0 radical (unpaired) electrons. The molecule has 1 aliphatic rings. The molecule has 0 aliphatic carbocycles. The van der Waals surface area contributed by atoms with E-state index in [0.29, 0.717) is 23.0 Å². The summed E-state index contributed by atoms with van der Waals surface area (Å²) < 4.78 is 17.1. The largest absolute Gasteiger partial charge is 0.459 e. The number of rotatable bonds is 24. The summed E-state index contributed by atoms with van der Waals surface area (Å²) in [6.45, 7) is 16.8. The minimum Gasteiger partial charge on any atom is -0.459 e. The van der Waals surface area contributed by atoms with Crippen LogP contribution in [0.25, 0.3) is 0 Å². The molecule has 0 spiro atoms. The molecule has 0 amide bonds. The van der Waals surface area contributed by atoms with Gasteiger partial charge in [0.15, 0.2) is 6.29 Å². The Balaban J connectivity index is 3.12. The van der Waals surface area contributed by atoms with Crippen LogP contribution in [-0.4, -0.2) is 155 Å². The maximum Gasteiger partial charge on any atom is 0.333 e. The van der Waals surface area contributed by atoms with E-state index in [1.165, 1.54) is 13.0 Å². The van der Waals surface area contributed by atoms with Crippen LogP contribution in [0.3, 0.4) is 0 Å². The Bertz CT molecular complexity index is 1240. The summed E-state index contributed by atoms with van der Waals surface area (Å²) in [6.07, 6.45) is -8.89. The van der Waals surface area contributed by atoms with Crippen LogP contribution in [-0.2, 0) is 19.0 Å². The average molecular weight is 807 g/mol. The molecule has 0 aromatic heterocycles. The Hall–Kier alpha value is -1.83. The van der Waals surface area contributed by atoms with Gasteiger partial charge in [-0.3, -0.25) is 0 Å². The standard InChI is InChI=1S/C41H74O15/c1-11-20(2)12-21(3)13-26(8)39(56-41-38(52)37(51)36(50)31(18-43)55-41)27(9)15-24(6)32(46)22(4)14-23(5)33(47)25(7)16-28(10)40(53)54-19-30(45)35(49)34(48)29(44)17-42/h14-16,20-22,25-27,29-39,41-52H,11-13,17-19H2,1-10H3. The average Bonchev–Trinajstić information content (AvgIpc) is 3.16. The fourth-order valence-corrected chi connectivity index (χ4v) is 7.36. The Morgan fingerprint density at radius 1 is 0.696 bits per heavy atom. The molecule has 0 bridgehead atoms. The maximum absolute atomic E-state index is 12.5. The molecule has 0 saturated carbocycles. The second-order valence-corrected chi connectivity index (χ2v) is 16.4. The third-order valence-electron chi connectivity index (χ3n) is 11.0. The topological polar surface area (TPSA) is 267 Å². The van der Waals surface area contributed by atoms with Crippen LogP contribution in [0.2, 0.25) is 0 Å². The highest BCUT2D eigenvalue weighted by atomic mass is 16.7. The van der Waals surface area contributed by atoms with Crippen LogP contribution in [0.1, 0.15) is 88.5 Å². The maximum atomic E-state index is 12.5. The summed E-state index contributed by atoms with van der Waals surface area (Å²) >= 11 is 0. The molecule has 1 rings (SSSR count). The van der Waals surface area contributed by atoms with Gasteiger partial charge in [-0.25, -0.2) is 4.79 Å². The van der Waals surface area contributed by atoms with Crippen molar-refractivity contribution in [1.29, 1.82) is 0 Å². The summed E-state index contributed by atoms with van der Waals surface area (Å²) in [6, 6.07) is 0. The lowest BCUT2D eigenvalue weighted by Gasteiger charge is -2.42. The van der Waals surface area contributed by atoms with E-state index < -0.39 is 111 Å². The fourth-order valence-electron chi connectivity index (χ4n) is 7.36. The predicted octanol–water partition coefficient (Wildman–Crippen LogP) is 0.718. The smallest absolute Gasteiger partial charge is 0.333 e. The SMILES string of the molecule is CCC(C)CC(C)CC(C)C(OC1OC(CO)C(O)C(O)C1O)C(C)C=C(C)C(O)C(C)C=C(C)C(O)C(C)C=C(C)C(=O)OCC(O)C(O)C(O)C(O)CO. The van der Waals surface area contributed by atoms with E-state index in [1.807, 2.05) is 19.9 Å². The molecule has 0 aromatic carbocycles. The normalized spacial score (nSPS) is 28.5. The molecule has 15 heteroatoms. The van der Waals surface area contributed by atoms with E-state index in [0.717, 1.165) is 19.3 Å². The molecular weight excluding hydrogens is 732 g/mol. The van der Waals surface area contributed by atoms with Gasteiger partial charge < -0.3 is 70.4 Å². The molecule has 1 aliphatic heterocycles. The van der Waals surface area contributed by atoms with Crippen LogP contribution in [0.5, 0.6) is 0 Å². The van der Waals surface area contributed by atoms with Crippen molar-refractivity contribution in [3.05, 3.63) is 34.9 Å². The zero-order chi connectivity index (χ0) is 43.2. The summed E-state index contributed by atoms with van der Waals surface area (Å²) in [7, 11) is 0. The lowest BCUT2D eigenvalue weighted by Crippen LogP contribution is -2.60. The molecule has 56 heavy (non-hydrogen) atoms. The Kier molecular flexibility index (Phi) is 23.2. The van der Waals surface area contributed by atoms with Gasteiger partial charge in [0, 0.05) is 23.3 Å². The third-order valence-corrected chi connectivity index (χ3v) is 11.0. The van der Waals surface area contributed by atoms with Gasteiger partial charge in [0.2, 0.25) is 0 Å². The molecule has 1 fully saturated rings. The highest BCUT2D eigenvalue weighted by Crippen LogP contribution is 2.33. The van der Waals surface area contributed by atoms with E-state index in [9.17, 15) is 55.9 Å². The number of hydrogen-bond acceptors (Lipinski definition) is 15. The molecule has 1 saturated heterocycles. The minimum atomic E-state index is -1.88. The highest BCUT2D eigenvalue weighted by molar-refractivity contribution is 5.87. The first-order valence-corrected chi connectivity index (χ1v) is 19.9. The van der Waals surface area contributed by atoms with Crippen molar-refractivity contribution in [1.82, 2.24) is 0 Å². The molecule has 11 N–H and O–H groups in total. The number of esters is 1. The molecule has 1 heterocycles. The third kappa shape index (κ3) is 15.7. The van der Waals surface area contributed by atoms with Gasteiger partial charge in [0.25, 0.3) is 0 Å². The van der Waals surface area contributed by atoms with Crippen LogP contribution in [0, 0.1) is 35.5 Å². The molecule has 18 unspecified atom stereocenters. The van der Waals surface area contributed by atoms with Crippen LogP contribution >= 0.6 is 0 Å². The summed E-state index contributed by atoms with van der Waals surface area (Å²) in [5.41, 5.74) is 1.26. The van der Waals surface area contributed by atoms with E-state index in [-0.39, 0.29) is 17.4 Å². The molecule has 18 atom stereocenters. The summed E-state index contributed by atoms with van der Waals surface area (Å²) in [4.78, 5) is 12.5. The van der Waals surface area contributed by atoms with Crippen LogP contribution < -0.4 is 0 Å². The quantitative estimate of drug-likeness (QED) is 0.0365. The van der Waals surface area contributed by atoms with E-state index in [4.69, 9.17) is 19.3 Å². The van der Waals surface area contributed by atoms with Gasteiger partial charge in [-0.2, -0.15) is 0 Å². The van der Waals surface area contributed by atoms with Crippen molar-refractivity contribution in [2.75, 3.05) is 19.8 Å². The van der Waals surface area contributed by atoms with Gasteiger partial charge in [-0.05, 0) is 62.5 Å². The molecule has 15 nitrogen and oxygen atoms in total.